The molecule has 1 aliphatic heterocycles. The minimum absolute atomic E-state index is 0.591. The van der Waals surface area contributed by atoms with Crippen molar-refractivity contribution in [1.29, 1.82) is 0 Å². The number of hydrogen-bond donors (Lipinski definition) is 2. The van der Waals surface area contributed by atoms with Gasteiger partial charge in [0.15, 0.2) is 5.96 Å². The first-order chi connectivity index (χ1) is 14.1. The number of ether oxygens (including phenoxy) is 1. The molecule has 6 nitrogen and oxygen atoms in total. The Morgan fingerprint density at radius 3 is 2.41 bits per heavy atom. The largest absolute Gasteiger partial charge is 0.381 e. The van der Waals surface area contributed by atoms with Gasteiger partial charge in [-0.25, -0.2) is 0 Å². The van der Waals surface area contributed by atoms with Crippen LogP contribution in [0.15, 0.2) is 29.3 Å². The molecular weight excluding hydrogens is 362 g/mol. The highest BCUT2D eigenvalue weighted by Gasteiger charge is 2.16. The van der Waals surface area contributed by atoms with Crippen molar-refractivity contribution in [1.82, 2.24) is 20.4 Å². The molecule has 1 heterocycles. The Kier molecular flexibility index (Phi) is 11.1. The fraction of sp³-hybridized carbons (Fsp3) is 0.696. The average Bonchev–Trinajstić information content (AvgIpc) is 2.74. The maximum absolute atomic E-state index is 5.63. The van der Waals surface area contributed by atoms with E-state index in [-0.39, 0.29) is 0 Å². The van der Waals surface area contributed by atoms with E-state index in [0.29, 0.717) is 5.92 Å². The fourth-order valence-corrected chi connectivity index (χ4v) is 3.49. The summed E-state index contributed by atoms with van der Waals surface area (Å²) in [6.07, 6.45) is 0.980. The second-order valence-corrected chi connectivity index (χ2v) is 8.15. The molecule has 0 unspecified atom stereocenters. The molecule has 0 radical (unpaired) electrons. The summed E-state index contributed by atoms with van der Waals surface area (Å²) in [6.45, 7) is 16.7. The summed E-state index contributed by atoms with van der Waals surface area (Å²) in [4.78, 5) is 9.44. The Balaban J connectivity index is 1.75. The first-order valence-corrected chi connectivity index (χ1v) is 11.2. The lowest BCUT2D eigenvalue weighted by molar-refractivity contribution is 0.108. The number of hydrogen-bond acceptors (Lipinski definition) is 4. The molecule has 0 amide bonds. The van der Waals surface area contributed by atoms with Gasteiger partial charge in [-0.2, -0.15) is 0 Å². The monoisotopic (exact) mass is 403 g/mol. The van der Waals surface area contributed by atoms with Crippen molar-refractivity contribution in [3.05, 3.63) is 35.4 Å². The summed E-state index contributed by atoms with van der Waals surface area (Å²) in [5, 5.41) is 6.84. The van der Waals surface area contributed by atoms with Crippen LogP contribution in [0.3, 0.4) is 0 Å². The van der Waals surface area contributed by atoms with E-state index in [1.807, 2.05) is 7.05 Å². The number of guanidine groups is 1. The Morgan fingerprint density at radius 1 is 1.07 bits per heavy atom. The summed E-state index contributed by atoms with van der Waals surface area (Å²) < 4.78 is 5.63. The number of likely N-dealkylation sites (N-methyl/N-ethyl adjacent to an activating group) is 1. The zero-order valence-electron chi connectivity index (χ0n) is 18.9. The van der Waals surface area contributed by atoms with Crippen LogP contribution in [0.2, 0.25) is 0 Å². The van der Waals surface area contributed by atoms with Crippen LogP contribution in [-0.2, 0) is 17.8 Å². The van der Waals surface area contributed by atoms with E-state index in [1.165, 1.54) is 24.2 Å². The fourth-order valence-electron chi connectivity index (χ4n) is 3.49. The highest BCUT2D eigenvalue weighted by Crippen LogP contribution is 2.13. The van der Waals surface area contributed by atoms with Gasteiger partial charge in [0.25, 0.3) is 0 Å². The van der Waals surface area contributed by atoms with Gasteiger partial charge in [-0.3, -0.25) is 9.89 Å². The molecule has 164 valence electrons. The van der Waals surface area contributed by atoms with E-state index >= 15 is 0 Å². The van der Waals surface area contributed by atoms with Gasteiger partial charge in [0.2, 0.25) is 0 Å². The molecule has 0 aromatic heterocycles. The van der Waals surface area contributed by atoms with Crippen LogP contribution in [0, 0.1) is 5.92 Å². The molecule has 29 heavy (non-hydrogen) atoms. The topological polar surface area (TPSA) is 52.1 Å². The second-order valence-electron chi connectivity index (χ2n) is 8.15. The smallest absolute Gasteiger partial charge is 0.191 e. The molecule has 1 aliphatic rings. The maximum atomic E-state index is 5.63. The highest BCUT2D eigenvalue weighted by atomic mass is 16.5. The summed E-state index contributed by atoms with van der Waals surface area (Å²) in [7, 11) is 1.82. The average molecular weight is 404 g/mol. The molecule has 0 atom stereocenters. The van der Waals surface area contributed by atoms with Crippen LogP contribution in [0.1, 0.15) is 38.3 Å². The molecule has 1 fully saturated rings. The zero-order valence-corrected chi connectivity index (χ0v) is 18.9. The Hall–Kier alpha value is -1.63. The van der Waals surface area contributed by atoms with Gasteiger partial charge in [-0.05, 0) is 30.0 Å². The van der Waals surface area contributed by atoms with Gasteiger partial charge in [-0.15, -0.1) is 0 Å². The Labute approximate surface area is 177 Å². The highest BCUT2D eigenvalue weighted by molar-refractivity contribution is 5.79. The summed E-state index contributed by atoms with van der Waals surface area (Å²) >= 11 is 0. The number of nitrogens with one attached hydrogen (secondary N) is 2. The number of benzene rings is 1. The molecule has 1 aromatic rings. The quantitative estimate of drug-likeness (QED) is 0.338. The molecule has 6 heteroatoms. The van der Waals surface area contributed by atoms with E-state index in [4.69, 9.17) is 4.74 Å². The van der Waals surface area contributed by atoms with Crippen molar-refractivity contribution in [2.45, 2.75) is 40.3 Å². The molecule has 1 aromatic carbocycles. The number of aliphatic imine (C=N–C) groups is 1. The van der Waals surface area contributed by atoms with Crippen LogP contribution in [0.5, 0.6) is 0 Å². The zero-order chi connectivity index (χ0) is 20.9. The molecule has 2 rings (SSSR count). The molecule has 2 N–H and O–H groups in total. The minimum atomic E-state index is 0.591. The third-order valence-corrected chi connectivity index (χ3v) is 5.30. The van der Waals surface area contributed by atoms with Crippen molar-refractivity contribution >= 4 is 5.96 Å². The normalized spacial score (nSPS) is 16.4. The lowest BCUT2D eigenvalue weighted by atomic mass is 10.1. The molecule has 1 saturated heterocycles. The summed E-state index contributed by atoms with van der Waals surface area (Å²) in [6, 6.07) is 8.74. The van der Waals surface area contributed by atoms with Crippen molar-refractivity contribution < 1.29 is 4.74 Å². The van der Waals surface area contributed by atoms with Gasteiger partial charge < -0.3 is 20.3 Å². The number of rotatable bonds is 11. The first kappa shape index (κ1) is 23.6. The van der Waals surface area contributed by atoms with Gasteiger partial charge in [0.1, 0.15) is 0 Å². The molecular formula is C23H41N5O. The van der Waals surface area contributed by atoms with Gasteiger partial charge >= 0.3 is 0 Å². The Bertz CT molecular complexity index is 597. The second kappa shape index (κ2) is 13.6. The molecule has 0 aliphatic carbocycles. The Morgan fingerprint density at radius 2 is 1.76 bits per heavy atom. The summed E-state index contributed by atoms with van der Waals surface area (Å²) in [5.74, 6) is 1.44. The third kappa shape index (κ3) is 9.15. The van der Waals surface area contributed by atoms with Gasteiger partial charge in [-0.1, -0.05) is 45.0 Å². The predicted octanol–water partition coefficient (Wildman–Crippen LogP) is 2.55. The third-order valence-electron chi connectivity index (χ3n) is 5.30. The van der Waals surface area contributed by atoms with Crippen LogP contribution in [-0.4, -0.2) is 75.3 Å². The molecule has 0 saturated carbocycles. The van der Waals surface area contributed by atoms with Crippen molar-refractivity contribution in [3.8, 4) is 0 Å². The van der Waals surface area contributed by atoms with Crippen LogP contribution in [0.4, 0.5) is 0 Å². The standard InChI is InChI=1S/C23H41N5O/c1-5-27-12-14-28(15-13-27)18-22-10-7-6-9-21(22)17-26-23(24-4)25-11-8-16-29-19-20(2)3/h6-7,9-10,20H,5,8,11-19H2,1-4H3,(H2,24,25,26). The number of piperazine rings is 1. The van der Waals surface area contributed by atoms with Crippen LogP contribution < -0.4 is 10.6 Å². The maximum Gasteiger partial charge on any atom is 0.191 e. The van der Waals surface area contributed by atoms with Crippen molar-refractivity contribution in [3.63, 3.8) is 0 Å². The van der Waals surface area contributed by atoms with Gasteiger partial charge in [0, 0.05) is 66.1 Å². The van der Waals surface area contributed by atoms with E-state index < -0.39 is 0 Å². The molecule has 0 bridgehead atoms. The predicted molar refractivity (Wildman–Crippen MR) is 122 cm³/mol. The van der Waals surface area contributed by atoms with Crippen molar-refractivity contribution in [2.24, 2.45) is 10.9 Å². The van der Waals surface area contributed by atoms with Crippen LogP contribution in [0.25, 0.3) is 0 Å². The first-order valence-electron chi connectivity index (χ1n) is 11.2. The van der Waals surface area contributed by atoms with E-state index in [1.54, 1.807) is 0 Å². The van der Waals surface area contributed by atoms with E-state index in [0.717, 1.165) is 64.9 Å². The van der Waals surface area contributed by atoms with Gasteiger partial charge in [0.05, 0.1) is 0 Å². The van der Waals surface area contributed by atoms with Crippen molar-refractivity contribution in [2.75, 3.05) is 59.5 Å². The summed E-state index contributed by atoms with van der Waals surface area (Å²) in [5.41, 5.74) is 2.75. The van der Waals surface area contributed by atoms with E-state index in [9.17, 15) is 0 Å². The minimum Gasteiger partial charge on any atom is -0.381 e. The molecule has 0 spiro atoms. The van der Waals surface area contributed by atoms with Crippen LogP contribution >= 0.6 is 0 Å². The lowest BCUT2D eigenvalue weighted by Crippen LogP contribution is -2.45. The number of nitrogens with zero attached hydrogens (tertiary/aromatic N) is 3. The lowest BCUT2D eigenvalue weighted by Gasteiger charge is -2.34. The SMILES string of the molecule is CCN1CCN(Cc2ccccc2CNC(=NC)NCCCOCC(C)C)CC1. The van der Waals surface area contributed by atoms with E-state index in [2.05, 4.69) is 70.5 Å².